The summed E-state index contributed by atoms with van der Waals surface area (Å²) in [5.74, 6) is -0.00901. The molecule has 1 aromatic carbocycles. The average Bonchev–Trinajstić information content (AvgIpc) is 3.18. The summed E-state index contributed by atoms with van der Waals surface area (Å²) in [5, 5.41) is 5.77. The number of carbonyl (C=O) groups excluding carboxylic acids is 1. The molecule has 0 bridgehead atoms. The molecule has 1 aliphatic rings. The van der Waals surface area contributed by atoms with E-state index in [1.807, 2.05) is 6.07 Å². The van der Waals surface area contributed by atoms with Crippen molar-refractivity contribution in [1.29, 1.82) is 0 Å². The van der Waals surface area contributed by atoms with Crippen LogP contribution in [0.1, 0.15) is 33.7 Å². The summed E-state index contributed by atoms with van der Waals surface area (Å²) >= 11 is 0. The second-order valence-corrected chi connectivity index (χ2v) is 7.36. The maximum atomic E-state index is 12.4. The number of amides is 1. The number of rotatable bonds is 6. The van der Waals surface area contributed by atoms with Crippen LogP contribution in [-0.4, -0.2) is 27.0 Å². The minimum Gasteiger partial charge on any atom is -0.349 e. The van der Waals surface area contributed by atoms with E-state index >= 15 is 0 Å². The molecule has 1 amide bonds. The number of nitrogens with zero attached hydrogens (tertiary/aromatic N) is 2. The largest absolute Gasteiger partial charge is 0.349 e. The average molecular weight is 405 g/mol. The number of aromatic nitrogens is 3. The first kappa shape index (κ1) is 19.6. The Kier molecular flexibility index (Phi) is 5.47. The lowest BCUT2D eigenvalue weighted by Gasteiger charge is -2.10. The lowest BCUT2D eigenvalue weighted by molar-refractivity contribution is 0.0947. The topological polar surface area (TPSA) is 109 Å². The lowest BCUT2D eigenvalue weighted by Crippen LogP contribution is -2.39. The maximum Gasteiger partial charge on any atom is 0.329 e. The second-order valence-electron chi connectivity index (χ2n) is 7.36. The van der Waals surface area contributed by atoms with Crippen molar-refractivity contribution < 1.29 is 4.79 Å². The summed E-state index contributed by atoms with van der Waals surface area (Å²) in [6.07, 6.45) is 3.30. The number of pyridine rings is 1. The van der Waals surface area contributed by atoms with Crippen molar-refractivity contribution >= 4 is 17.4 Å². The molecule has 0 spiro atoms. The zero-order chi connectivity index (χ0) is 21.1. The number of H-pyrrole nitrogens is 1. The number of hydrogen-bond donors (Lipinski definition) is 3. The van der Waals surface area contributed by atoms with Gasteiger partial charge in [-0.15, -0.1) is 0 Å². The number of aromatic amines is 1. The van der Waals surface area contributed by atoms with Crippen molar-refractivity contribution in [2.24, 2.45) is 0 Å². The first-order valence-corrected chi connectivity index (χ1v) is 9.94. The van der Waals surface area contributed by atoms with E-state index in [2.05, 4.69) is 32.7 Å². The van der Waals surface area contributed by atoms with Gasteiger partial charge in [0.2, 0.25) is 0 Å². The highest BCUT2D eigenvalue weighted by Crippen LogP contribution is 2.25. The number of aryl methyl sites for hydroxylation is 3. The first-order valence-electron chi connectivity index (χ1n) is 9.94. The van der Waals surface area contributed by atoms with Crippen LogP contribution < -0.4 is 21.9 Å². The van der Waals surface area contributed by atoms with Crippen LogP contribution in [0.3, 0.4) is 0 Å². The molecule has 2 heterocycles. The Morgan fingerprint density at radius 1 is 1.13 bits per heavy atom. The third kappa shape index (κ3) is 4.32. The van der Waals surface area contributed by atoms with Crippen LogP contribution in [0.4, 0.5) is 11.5 Å². The quantitative estimate of drug-likeness (QED) is 0.580. The predicted octanol–water partition coefficient (Wildman–Crippen LogP) is 1.90. The van der Waals surface area contributed by atoms with Crippen molar-refractivity contribution in [2.45, 2.75) is 32.7 Å². The molecule has 0 unspecified atom stereocenters. The fourth-order valence-electron chi connectivity index (χ4n) is 3.65. The SMILES string of the molecule is Cc1cccc(C(=O)NCCn2c(=O)cc(Nc3ccc4c(c3)CCC4)[nH]c2=O)n1. The molecule has 0 saturated heterocycles. The molecule has 3 N–H and O–H groups in total. The van der Waals surface area contributed by atoms with E-state index in [0.29, 0.717) is 11.5 Å². The molecule has 30 heavy (non-hydrogen) atoms. The second kappa shape index (κ2) is 8.36. The highest BCUT2D eigenvalue weighted by Gasteiger charge is 2.12. The number of carbonyl (C=O) groups is 1. The van der Waals surface area contributed by atoms with Crippen LogP contribution in [0, 0.1) is 6.92 Å². The molecular weight excluding hydrogens is 382 g/mol. The zero-order valence-electron chi connectivity index (χ0n) is 16.7. The molecule has 0 atom stereocenters. The number of hydrogen-bond acceptors (Lipinski definition) is 5. The summed E-state index contributed by atoms with van der Waals surface area (Å²) in [6, 6.07) is 12.6. The monoisotopic (exact) mass is 405 g/mol. The van der Waals surface area contributed by atoms with Crippen LogP contribution in [-0.2, 0) is 19.4 Å². The van der Waals surface area contributed by atoms with Crippen LogP contribution in [0.15, 0.2) is 52.1 Å². The smallest absolute Gasteiger partial charge is 0.329 e. The summed E-state index contributed by atoms with van der Waals surface area (Å²) in [4.78, 5) is 43.7. The number of fused-ring (bicyclic) bond motifs is 1. The van der Waals surface area contributed by atoms with Gasteiger partial charge in [0.15, 0.2) is 0 Å². The molecule has 4 rings (SSSR count). The van der Waals surface area contributed by atoms with Crippen molar-refractivity contribution in [3.8, 4) is 0 Å². The van der Waals surface area contributed by atoms with Gasteiger partial charge in [0, 0.05) is 30.5 Å². The Balaban J connectivity index is 1.41. The minimum absolute atomic E-state index is 0.0604. The zero-order valence-corrected chi connectivity index (χ0v) is 16.7. The highest BCUT2D eigenvalue weighted by atomic mass is 16.2. The lowest BCUT2D eigenvalue weighted by atomic mass is 10.1. The Labute approximate surface area is 173 Å². The summed E-state index contributed by atoms with van der Waals surface area (Å²) in [6.45, 7) is 1.99. The Morgan fingerprint density at radius 2 is 1.97 bits per heavy atom. The van der Waals surface area contributed by atoms with Crippen LogP contribution >= 0.6 is 0 Å². The van der Waals surface area contributed by atoms with Gasteiger partial charge in [0.1, 0.15) is 11.5 Å². The Hall–Kier alpha value is -3.68. The molecule has 0 radical (unpaired) electrons. The molecular formula is C22H23N5O3. The van der Waals surface area contributed by atoms with Gasteiger partial charge in [-0.3, -0.25) is 19.1 Å². The van der Waals surface area contributed by atoms with Crippen LogP contribution in [0.2, 0.25) is 0 Å². The molecule has 8 heteroatoms. The molecule has 0 fully saturated rings. The van der Waals surface area contributed by atoms with Crippen molar-refractivity contribution in [3.05, 3.63) is 85.8 Å². The van der Waals surface area contributed by atoms with Crippen molar-refractivity contribution in [3.63, 3.8) is 0 Å². The van der Waals surface area contributed by atoms with E-state index in [4.69, 9.17) is 0 Å². The summed E-state index contributed by atoms with van der Waals surface area (Å²) in [5.41, 5.74) is 3.55. The van der Waals surface area contributed by atoms with Gasteiger partial charge in [0.05, 0.1) is 0 Å². The molecule has 2 aromatic heterocycles. The Bertz CT molecular complexity index is 1180. The fourth-order valence-corrected chi connectivity index (χ4v) is 3.65. The molecule has 0 aliphatic heterocycles. The van der Waals surface area contributed by atoms with E-state index in [0.717, 1.165) is 35.2 Å². The van der Waals surface area contributed by atoms with Gasteiger partial charge >= 0.3 is 5.69 Å². The van der Waals surface area contributed by atoms with E-state index in [-0.39, 0.29) is 19.0 Å². The van der Waals surface area contributed by atoms with E-state index < -0.39 is 11.2 Å². The fraction of sp³-hybridized carbons (Fsp3) is 0.273. The third-order valence-corrected chi connectivity index (χ3v) is 5.14. The normalized spacial score (nSPS) is 12.4. The molecule has 0 saturated carbocycles. The van der Waals surface area contributed by atoms with Gasteiger partial charge in [-0.25, -0.2) is 9.78 Å². The maximum absolute atomic E-state index is 12.4. The summed E-state index contributed by atoms with van der Waals surface area (Å²) in [7, 11) is 0. The number of benzene rings is 1. The molecule has 1 aliphatic carbocycles. The van der Waals surface area contributed by atoms with E-state index in [1.165, 1.54) is 17.2 Å². The first-order chi connectivity index (χ1) is 14.5. The minimum atomic E-state index is -0.533. The van der Waals surface area contributed by atoms with Gasteiger partial charge in [0.25, 0.3) is 11.5 Å². The third-order valence-electron chi connectivity index (χ3n) is 5.14. The van der Waals surface area contributed by atoms with Crippen LogP contribution in [0.5, 0.6) is 0 Å². The highest BCUT2D eigenvalue weighted by molar-refractivity contribution is 5.92. The number of nitrogens with one attached hydrogen (secondary N) is 3. The molecule has 3 aromatic rings. The Morgan fingerprint density at radius 3 is 2.77 bits per heavy atom. The van der Waals surface area contributed by atoms with E-state index in [1.54, 1.807) is 25.1 Å². The van der Waals surface area contributed by atoms with Crippen LogP contribution in [0.25, 0.3) is 0 Å². The van der Waals surface area contributed by atoms with Gasteiger partial charge in [-0.2, -0.15) is 0 Å². The van der Waals surface area contributed by atoms with E-state index in [9.17, 15) is 14.4 Å². The summed E-state index contributed by atoms with van der Waals surface area (Å²) < 4.78 is 1.05. The molecule has 8 nitrogen and oxygen atoms in total. The predicted molar refractivity (Wildman–Crippen MR) is 114 cm³/mol. The van der Waals surface area contributed by atoms with Gasteiger partial charge in [-0.05, 0) is 61.6 Å². The standard InChI is InChI=1S/C22H23N5O3/c1-14-4-2-7-18(24-14)21(29)23-10-11-27-20(28)13-19(26-22(27)30)25-17-9-8-15-5-3-6-16(15)12-17/h2,4,7-9,12-13,25H,3,5-6,10-11H2,1H3,(H,23,29)(H,26,30). The van der Waals surface area contributed by atoms with Gasteiger partial charge < -0.3 is 10.6 Å². The van der Waals surface area contributed by atoms with Crippen molar-refractivity contribution in [1.82, 2.24) is 19.9 Å². The van der Waals surface area contributed by atoms with Crippen molar-refractivity contribution in [2.75, 3.05) is 11.9 Å². The molecule has 154 valence electrons. The number of anilines is 2. The van der Waals surface area contributed by atoms with Gasteiger partial charge in [-0.1, -0.05) is 12.1 Å².